The molecule has 2 aromatic carbocycles. The van der Waals surface area contributed by atoms with Crippen LogP contribution in [0, 0.1) is 0 Å². The minimum Gasteiger partial charge on any atom is -0.457 e. The number of anilines is 2. The highest BCUT2D eigenvalue weighted by atomic mass is 16.5. The van der Waals surface area contributed by atoms with Gasteiger partial charge in [-0.05, 0) is 67.2 Å². The quantitative estimate of drug-likeness (QED) is 0.318. The molecule has 4 aromatic rings. The van der Waals surface area contributed by atoms with Gasteiger partial charge in [0, 0.05) is 44.2 Å². The van der Waals surface area contributed by atoms with Crippen molar-refractivity contribution in [3.05, 3.63) is 72.1 Å². The number of aromatic nitrogens is 3. The molecule has 5 rings (SSSR count). The second kappa shape index (κ2) is 10.8. The Morgan fingerprint density at radius 2 is 1.82 bits per heavy atom. The molecule has 3 heterocycles. The van der Waals surface area contributed by atoms with Gasteiger partial charge in [-0.15, -0.1) is 0 Å². The van der Waals surface area contributed by atoms with Crippen molar-refractivity contribution in [3.63, 3.8) is 0 Å². The van der Waals surface area contributed by atoms with E-state index in [1.54, 1.807) is 18.3 Å². The van der Waals surface area contributed by atoms with Crippen molar-refractivity contribution in [2.45, 2.75) is 39.0 Å². The predicted octanol–water partition coefficient (Wildman–Crippen LogP) is 5.63. The first-order valence-electron chi connectivity index (χ1n) is 13.2. The van der Waals surface area contributed by atoms with Crippen molar-refractivity contribution in [2.75, 3.05) is 31.5 Å². The summed E-state index contributed by atoms with van der Waals surface area (Å²) in [5.41, 5.74) is 4.46. The molecular weight excluding hydrogens is 476 g/mol. The lowest BCUT2D eigenvalue weighted by Gasteiger charge is -2.20. The molecule has 0 aliphatic carbocycles. The van der Waals surface area contributed by atoms with E-state index in [1.807, 2.05) is 35.9 Å². The first-order valence-corrected chi connectivity index (χ1v) is 13.2. The van der Waals surface area contributed by atoms with Gasteiger partial charge >= 0.3 is 0 Å². The highest BCUT2D eigenvalue weighted by Crippen LogP contribution is 2.30. The van der Waals surface area contributed by atoms with Crippen LogP contribution in [0.5, 0.6) is 11.5 Å². The number of benzene rings is 2. The van der Waals surface area contributed by atoms with E-state index in [9.17, 15) is 4.79 Å². The summed E-state index contributed by atoms with van der Waals surface area (Å²) in [6, 6.07) is 17.6. The number of ether oxygens (including phenoxy) is 1. The van der Waals surface area contributed by atoms with Gasteiger partial charge < -0.3 is 24.8 Å². The summed E-state index contributed by atoms with van der Waals surface area (Å²) in [5, 5.41) is 6.42. The topological polar surface area (TPSA) is 84.3 Å². The molecule has 1 aliphatic rings. The van der Waals surface area contributed by atoms with Crippen LogP contribution in [-0.2, 0) is 12.5 Å². The number of aryl methyl sites for hydroxylation is 1. The summed E-state index contributed by atoms with van der Waals surface area (Å²) < 4.78 is 8.11. The van der Waals surface area contributed by atoms with Gasteiger partial charge in [-0.3, -0.25) is 9.78 Å². The normalized spacial score (nSPS) is 14.1. The third kappa shape index (κ3) is 5.97. The third-order valence-electron chi connectivity index (χ3n) is 6.95. The van der Waals surface area contributed by atoms with Gasteiger partial charge in [0.2, 0.25) is 5.95 Å². The number of carbonyl (C=O) groups excluding carboxylic acids is 1. The van der Waals surface area contributed by atoms with Gasteiger partial charge in [-0.25, -0.2) is 4.98 Å². The summed E-state index contributed by atoms with van der Waals surface area (Å²) in [6.07, 6.45) is 4.07. The van der Waals surface area contributed by atoms with E-state index in [4.69, 9.17) is 9.72 Å². The average molecular weight is 513 g/mol. The van der Waals surface area contributed by atoms with E-state index >= 15 is 0 Å². The number of amides is 1. The Hall–Kier alpha value is -3.91. The lowest BCUT2D eigenvalue weighted by Crippen LogP contribution is -2.33. The van der Waals surface area contributed by atoms with E-state index in [2.05, 4.69) is 59.5 Å². The number of nitrogens with zero attached hydrogens (tertiary/aromatic N) is 4. The van der Waals surface area contributed by atoms with Gasteiger partial charge in [0.25, 0.3) is 5.91 Å². The SMILES string of the molecule is Cn1c(Nc2cccc(C(C)(C)C)c2)nc2cc(Oc3ccnc(C(=O)NCCN4CCCC4)c3)ccc21. The molecule has 1 amide bonds. The number of rotatable bonds is 8. The summed E-state index contributed by atoms with van der Waals surface area (Å²) in [7, 11) is 1.99. The van der Waals surface area contributed by atoms with Crippen LogP contribution in [0.1, 0.15) is 49.7 Å². The molecule has 0 spiro atoms. The Bertz CT molecular complexity index is 1430. The van der Waals surface area contributed by atoms with E-state index in [-0.39, 0.29) is 11.3 Å². The van der Waals surface area contributed by atoms with Crippen molar-refractivity contribution < 1.29 is 9.53 Å². The number of nitrogens with one attached hydrogen (secondary N) is 2. The summed E-state index contributed by atoms with van der Waals surface area (Å²) in [5.74, 6) is 1.75. The van der Waals surface area contributed by atoms with Crippen molar-refractivity contribution in [2.24, 2.45) is 7.05 Å². The number of imidazole rings is 1. The van der Waals surface area contributed by atoms with Gasteiger partial charge in [-0.1, -0.05) is 32.9 Å². The van der Waals surface area contributed by atoms with Crippen LogP contribution in [0.4, 0.5) is 11.6 Å². The maximum absolute atomic E-state index is 12.6. The maximum Gasteiger partial charge on any atom is 0.270 e. The zero-order valence-electron chi connectivity index (χ0n) is 22.6. The van der Waals surface area contributed by atoms with Crippen LogP contribution in [0.2, 0.25) is 0 Å². The molecule has 0 bridgehead atoms. The molecule has 1 aliphatic heterocycles. The van der Waals surface area contributed by atoms with Crippen LogP contribution in [0.3, 0.4) is 0 Å². The number of carbonyl (C=O) groups is 1. The van der Waals surface area contributed by atoms with Gasteiger partial charge in [0.05, 0.1) is 11.0 Å². The molecule has 0 radical (unpaired) electrons. The van der Waals surface area contributed by atoms with Crippen LogP contribution in [0.15, 0.2) is 60.8 Å². The van der Waals surface area contributed by atoms with Crippen molar-refractivity contribution in [1.29, 1.82) is 0 Å². The second-order valence-electron chi connectivity index (χ2n) is 10.9. The number of hydrogen-bond acceptors (Lipinski definition) is 6. The largest absolute Gasteiger partial charge is 0.457 e. The first kappa shape index (κ1) is 25.7. The van der Waals surface area contributed by atoms with Crippen LogP contribution in [0.25, 0.3) is 11.0 Å². The lowest BCUT2D eigenvalue weighted by molar-refractivity contribution is 0.0944. The van der Waals surface area contributed by atoms with Crippen LogP contribution >= 0.6 is 0 Å². The van der Waals surface area contributed by atoms with Crippen molar-refractivity contribution in [1.82, 2.24) is 24.8 Å². The van der Waals surface area contributed by atoms with Crippen molar-refractivity contribution >= 4 is 28.6 Å². The third-order valence-corrected chi connectivity index (χ3v) is 6.95. The van der Waals surface area contributed by atoms with E-state index in [0.29, 0.717) is 23.7 Å². The Morgan fingerprint density at radius 1 is 1.03 bits per heavy atom. The van der Waals surface area contributed by atoms with Gasteiger partial charge in [-0.2, -0.15) is 0 Å². The van der Waals surface area contributed by atoms with Crippen LogP contribution < -0.4 is 15.4 Å². The molecule has 0 saturated carbocycles. The summed E-state index contributed by atoms with van der Waals surface area (Å²) in [6.45, 7) is 10.3. The van der Waals surface area contributed by atoms with Gasteiger partial charge in [0.1, 0.15) is 17.2 Å². The highest BCUT2D eigenvalue weighted by molar-refractivity contribution is 5.92. The fourth-order valence-electron chi connectivity index (χ4n) is 4.71. The lowest BCUT2D eigenvalue weighted by atomic mass is 9.87. The first-order chi connectivity index (χ1) is 18.3. The fraction of sp³-hybridized carbons (Fsp3) is 0.367. The Balaban J connectivity index is 1.27. The molecule has 2 aromatic heterocycles. The maximum atomic E-state index is 12.6. The Labute approximate surface area is 224 Å². The number of likely N-dealkylation sites (tertiary alicyclic amines) is 1. The molecule has 0 unspecified atom stereocenters. The monoisotopic (exact) mass is 512 g/mol. The second-order valence-corrected chi connectivity index (χ2v) is 10.9. The Morgan fingerprint density at radius 3 is 2.61 bits per heavy atom. The highest BCUT2D eigenvalue weighted by Gasteiger charge is 2.16. The molecule has 0 atom stereocenters. The molecule has 38 heavy (non-hydrogen) atoms. The van der Waals surface area contributed by atoms with E-state index in [1.165, 1.54) is 18.4 Å². The Kier molecular flexibility index (Phi) is 7.33. The smallest absolute Gasteiger partial charge is 0.270 e. The molecule has 2 N–H and O–H groups in total. The average Bonchev–Trinajstić information content (AvgIpc) is 3.52. The van der Waals surface area contributed by atoms with E-state index in [0.717, 1.165) is 42.3 Å². The molecule has 1 fully saturated rings. The minimum absolute atomic E-state index is 0.0668. The van der Waals surface area contributed by atoms with Crippen LogP contribution in [-0.4, -0.2) is 51.5 Å². The number of fused-ring (bicyclic) bond motifs is 1. The summed E-state index contributed by atoms with van der Waals surface area (Å²) in [4.78, 5) is 24.0. The molecule has 8 heteroatoms. The summed E-state index contributed by atoms with van der Waals surface area (Å²) >= 11 is 0. The standard InChI is InChI=1S/C30H36N6O2/c1-30(2,3)21-8-7-9-22(18-21)33-29-34-25-19-23(10-11-27(25)35(29)4)38-24-12-13-31-26(20-24)28(37)32-14-17-36-15-5-6-16-36/h7-13,18-20H,5-6,14-17H2,1-4H3,(H,32,37)(H,33,34). The van der Waals surface area contributed by atoms with E-state index < -0.39 is 0 Å². The zero-order valence-corrected chi connectivity index (χ0v) is 22.6. The molecule has 1 saturated heterocycles. The molecule has 198 valence electrons. The van der Waals surface area contributed by atoms with Crippen molar-refractivity contribution in [3.8, 4) is 11.5 Å². The predicted molar refractivity (Wildman–Crippen MR) is 151 cm³/mol. The number of pyridine rings is 1. The minimum atomic E-state index is -0.193. The molecule has 8 nitrogen and oxygen atoms in total. The van der Waals surface area contributed by atoms with Gasteiger partial charge in [0.15, 0.2) is 0 Å². The zero-order chi connectivity index (χ0) is 26.7. The molecular formula is C30H36N6O2. The fourth-order valence-corrected chi connectivity index (χ4v) is 4.71. The number of hydrogen-bond donors (Lipinski definition) is 2.